The van der Waals surface area contributed by atoms with Crippen molar-refractivity contribution in [2.24, 2.45) is 0 Å². The molecule has 1 heterocycles. The predicted molar refractivity (Wildman–Crippen MR) is 51.9 cm³/mol. The molecule has 1 aromatic heterocycles. The molecule has 0 radical (unpaired) electrons. The third-order valence-electron chi connectivity index (χ3n) is 1.53. The molecule has 0 atom stereocenters. The number of carbonyl (C=O) groups excluding carboxylic acids is 1. The summed E-state index contributed by atoms with van der Waals surface area (Å²) < 4.78 is 35.9. The van der Waals surface area contributed by atoms with Crippen LogP contribution in [0.4, 0.5) is 18.9 Å². The second-order valence-electron chi connectivity index (χ2n) is 2.61. The molecule has 1 N–H and O–H groups in total. The molecule has 0 saturated carbocycles. The third-order valence-corrected chi connectivity index (χ3v) is 1.85. The number of terminal acetylenes is 1. The molecule has 0 bridgehead atoms. The molecule has 0 aliphatic rings. The molecule has 1 amide bonds. The summed E-state index contributed by atoms with van der Waals surface area (Å²) >= 11 is 5.58. The standard InChI is InChI=1S/C9H4ClF3N2O/c1-2-6-7(5(10)3-4-14-6)15-8(16)9(11,12)13/h1,3-4H,(H,15,16). The molecule has 1 aromatic rings. The summed E-state index contributed by atoms with van der Waals surface area (Å²) in [5, 5.41) is 1.46. The fourth-order valence-electron chi connectivity index (χ4n) is 0.851. The van der Waals surface area contributed by atoms with Crippen molar-refractivity contribution in [1.29, 1.82) is 0 Å². The van der Waals surface area contributed by atoms with Gasteiger partial charge in [0.25, 0.3) is 0 Å². The van der Waals surface area contributed by atoms with Crippen molar-refractivity contribution in [2.45, 2.75) is 6.18 Å². The quantitative estimate of drug-likeness (QED) is 0.775. The molecule has 0 saturated heterocycles. The van der Waals surface area contributed by atoms with Gasteiger partial charge in [-0.15, -0.1) is 6.42 Å². The van der Waals surface area contributed by atoms with Crippen LogP contribution in [0.5, 0.6) is 0 Å². The maximum absolute atomic E-state index is 12.0. The number of amides is 1. The van der Waals surface area contributed by atoms with Gasteiger partial charge in [0.15, 0.2) is 0 Å². The van der Waals surface area contributed by atoms with Crippen LogP contribution in [0.2, 0.25) is 5.02 Å². The van der Waals surface area contributed by atoms with Gasteiger partial charge in [0.2, 0.25) is 0 Å². The van der Waals surface area contributed by atoms with Crippen LogP contribution in [0.1, 0.15) is 5.69 Å². The lowest BCUT2D eigenvalue weighted by atomic mass is 10.3. The van der Waals surface area contributed by atoms with Gasteiger partial charge in [0.05, 0.1) is 10.7 Å². The minimum Gasteiger partial charge on any atom is -0.315 e. The Morgan fingerprint density at radius 2 is 2.19 bits per heavy atom. The zero-order chi connectivity index (χ0) is 12.3. The Morgan fingerprint density at radius 1 is 1.56 bits per heavy atom. The number of anilines is 1. The van der Waals surface area contributed by atoms with Crippen molar-refractivity contribution >= 4 is 23.2 Å². The SMILES string of the molecule is C#Cc1nccc(Cl)c1NC(=O)C(F)(F)F. The number of nitrogens with one attached hydrogen (secondary N) is 1. The molecule has 16 heavy (non-hydrogen) atoms. The molecule has 0 fully saturated rings. The summed E-state index contributed by atoms with van der Waals surface area (Å²) in [6.07, 6.45) is 1.21. The van der Waals surface area contributed by atoms with Crippen LogP contribution in [0.15, 0.2) is 12.3 Å². The number of nitrogens with zero attached hydrogens (tertiary/aromatic N) is 1. The number of halogens is 4. The summed E-state index contributed by atoms with van der Waals surface area (Å²) in [6.45, 7) is 0. The minimum absolute atomic E-state index is 0.111. The van der Waals surface area contributed by atoms with E-state index < -0.39 is 12.1 Å². The molecule has 0 aliphatic carbocycles. The average molecular weight is 249 g/mol. The zero-order valence-corrected chi connectivity index (χ0v) is 8.36. The van der Waals surface area contributed by atoms with Gasteiger partial charge in [-0.3, -0.25) is 4.79 Å². The first-order valence-corrected chi connectivity index (χ1v) is 4.23. The first-order chi connectivity index (χ1) is 7.36. The lowest BCUT2D eigenvalue weighted by Gasteiger charge is -2.10. The Labute approximate surface area is 93.6 Å². The van der Waals surface area contributed by atoms with Crippen molar-refractivity contribution in [3.8, 4) is 12.3 Å². The van der Waals surface area contributed by atoms with E-state index in [-0.39, 0.29) is 16.4 Å². The van der Waals surface area contributed by atoms with Crippen molar-refractivity contribution in [3.63, 3.8) is 0 Å². The van der Waals surface area contributed by atoms with E-state index in [1.165, 1.54) is 12.3 Å². The monoisotopic (exact) mass is 248 g/mol. The molecule has 3 nitrogen and oxygen atoms in total. The van der Waals surface area contributed by atoms with E-state index >= 15 is 0 Å². The van der Waals surface area contributed by atoms with E-state index in [4.69, 9.17) is 18.0 Å². The smallest absolute Gasteiger partial charge is 0.315 e. The van der Waals surface area contributed by atoms with Gasteiger partial charge in [-0.05, 0) is 12.0 Å². The summed E-state index contributed by atoms with van der Waals surface area (Å²) in [5.41, 5.74) is -0.487. The second kappa shape index (κ2) is 4.41. The van der Waals surface area contributed by atoms with Crippen molar-refractivity contribution in [2.75, 3.05) is 5.32 Å². The number of rotatable bonds is 1. The topological polar surface area (TPSA) is 42.0 Å². The molecule has 7 heteroatoms. The van der Waals surface area contributed by atoms with Crippen LogP contribution < -0.4 is 5.32 Å². The molecule has 1 rings (SSSR count). The van der Waals surface area contributed by atoms with E-state index in [9.17, 15) is 18.0 Å². The van der Waals surface area contributed by atoms with Crippen molar-refractivity contribution < 1.29 is 18.0 Å². The predicted octanol–water partition coefficient (Wildman–Crippen LogP) is 2.22. The van der Waals surface area contributed by atoms with Crippen LogP contribution in [0.25, 0.3) is 0 Å². The van der Waals surface area contributed by atoms with Crippen LogP contribution in [-0.2, 0) is 4.79 Å². The molecule has 0 aromatic carbocycles. The second-order valence-corrected chi connectivity index (χ2v) is 3.02. The fraction of sp³-hybridized carbons (Fsp3) is 0.111. The van der Waals surface area contributed by atoms with E-state index in [0.717, 1.165) is 0 Å². The molecular formula is C9H4ClF3N2O. The van der Waals surface area contributed by atoms with E-state index in [0.29, 0.717) is 0 Å². The Balaban J connectivity index is 3.07. The van der Waals surface area contributed by atoms with E-state index in [1.54, 1.807) is 5.32 Å². The first kappa shape index (κ1) is 12.3. The van der Waals surface area contributed by atoms with Crippen molar-refractivity contribution in [3.05, 3.63) is 23.0 Å². The number of hydrogen-bond donors (Lipinski definition) is 1. The molecule has 0 unspecified atom stereocenters. The summed E-state index contributed by atoms with van der Waals surface area (Å²) in [5.74, 6) is -0.138. The Morgan fingerprint density at radius 3 is 2.69 bits per heavy atom. The van der Waals surface area contributed by atoms with Crippen LogP contribution >= 0.6 is 11.6 Å². The largest absolute Gasteiger partial charge is 0.471 e. The van der Waals surface area contributed by atoms with Crippen LogP contribution in [-0.4, -0.2) is 17.1 Å². The highest BCUT2D eigenvalue weighted by atomic mass is 35.5. The lowest BCUT2D eigenvalue weighted by Crippen LogP contribution is -2.30. The van der Waals surface area contributed by atoms with Crippen molar-refractivity contribution in [1.82, 2.24) is 4.98 Å². The van der Waals surface area contributed by atoms with Gasteiger partial charge in [-0.25, -0.2) is 4.98 Å². The number of hydrogen-bond acceptors (Lipinski definition) is 2. The fourth-order valence-corrected chi connectivity index (χ4v) is 1.04. The Bertz CT molecular complexity index is 465. The van der Waals surface area contributed by atoms with Gasteiger partial charge in [-0.2, -0.15) is 13.2 Å². The van der Waals surface area contributed by atoms with Gasteiger partial charge in [0, 0.05) is 6.20 Å². The van der Waals surface area contributed by atoms with E-state index in [1.807, 2.05) is 5.92 Å². The average Bonchev–Trinajstić information content (AvgIpc) is 2.19. The number of alkyl halides is 3. The van der Waals surface area contributed by atoms with Gasteiger partial charge < -0.3 is 5.32 Å². The number of aromatic nitrogens is 1. The number of carbonyl (C=O) groups is 1. The lowest BCUT2D eigenvalue weighted by molar-refractivity contribution is -0.167. The minimum atomic E-state index is -5.01. The normalized spacial score (nSPS) is 10.7. The molecule has 0 aliphatic heterocycles. The van der Waals surface area contributed by atoms with Gasteiger partial charge in [-0.1, -0.05) is 11.6 Å². The van der Waals surface area contributed by atoms with Crippen LogP contribution in [0, 0.1) is 12.3 Å². The highest BCUT2D eigenvalue weighted by molar-refractivity contribution is 6.34. The van der Waals surface area contributed by atoms with Gasteiger partial charge >= 0.3 is 12.1 Å². The maximum atomic E-state index is 12.0. The Hall–Kier alpha value is -1.74. The molecule has 84 valence electrons. The van der Waals surface area contributed by atoms with E-state index in [2.05, 4.69) is 4.98 Å². The Kier molecular flexibility index (Phi) is 3.40. The number of pyridine rings is 1. The third kappa shape index (κ3) is 2.64. The summed E-state index contributed by atoms with van der Waals surface area (Å²) in [7, 11) is 0. The zero-order valence-electron chi connectivity index (χ0n) is 7.60. The molecular weight excluding hydrogens is 245 g/mol. The highest BCUT2D eigenvalue weighted by Gasteiger charge is 2.39. The van der Waals surface area contributed by atoms with Crippen LogP contribution in [0.3, 0.4) is 0 Å². The van der Waals surface area contributed by atoms with Gasteiger partial charge in [0.1, 0.15) is 5.69 Å². The first-order valence-electron chi connectivity index (χ1n) is 3.85. The highest BCUT2D eigenvalue weighted by Crippen LogP contribution is 2.26. The summed E-state index contributed by atoms with van der Waals surface area (Å²) in [6, 6.07) is 1.22. The summed E-state index contributed by atoms with van der Waals surface area (Å²) in [4.78, 5) is 14.3. The maximum Gasteiger partial charge on any atom is 0.471 e. The molecule has 0 spiro atoms.